The Balaban J connectivity index is 2.08. The third-order valence-corrected chi connectivity index (χ3v) is 3.84. The Labute approximate surface area is 156 Å². The minimum atomic E-state index is -0.408. The number of hydrogen-bond donors (Lipinski definition) is 2. The monoisotopic (exact) mass is 380 g/mol. The van der Waals surface area contributed by atoms with E-state index in [-0.39, 0.29) is 11.6 Å². The van der Waals surface area contributed by atoms with Crippen molar-refractivity contribution in [1.82, 2.24) is 15.2 Å². The van der Waals surface area contributed by atoms with Crippen molar-refractivity contribution in [3.8, 4) is 0 Å². The highest BCUT2D eigenvalue weighted by Gasteiger charge is 2.13. The molecule has 0 saturated carbocycles. The third kappa shape index (κ3) is 5.70. The molecule has 0 aliphatic carbocycles. The van der Waals surface area contributed by atoms with Crippen LogP contribution in [0, 0.1) is 0 Å². The smallest absolute Gasteiger partial charge is 0.269 e. The number of pyridine rings is 1. The molecule has 1 aromatic heterocycles. The summed E-state index contributed by atoms with van der Waals surface area (Å²) in [5.41, 5.74) is 0.861. The Bertz CT molecular complexity index is 781. The van der Waals surface area contributed by atoms with E-state index in [2.05, 4.69) is 15.6 Å². The molecule has 25 heavy (non-hydrogen) atoms. The molecule has 8 heteroatoms. The molecule has 0 radical (unpaired) electrons. The van der Waals surface area contributed by atoms with Crippen LogP contribution in [0.15, 0.2) is 36.5 Å². The lowest BCUT2D eigenvalue weighted by Gasteiger charge is -2.11. The first-order valence-corrected chi connectivity index (χ1v) is 8.28. The summed E-state index contributed by atoms with van der Waals surface area (Å²) in [6.45, 7) is 1.20. The molecule has 0 unspecified atom stereocenters. The number of nitrogens with zero attached hydrogens (tertiary/aromatic N) is 2. The molecule has 1 heterocycles. The van der Waals surface area contributed by atoms with Crippen LogP contribution in [0.4, 0.5) is 5.69 Å². The van der Waals surface area contributed by atoms with Gasteiger partial charge in [0.25, 0.3) is 11.8 Å². The SMILES string of the molecule is CN(C)CCNC(=O)c1cc(C(=O)Nc2cc(Cl)ccc2Cl)ccn1. The molecule has 2 rings (SSSR count). The van der Waals surface area contributed by atoms with Gasteiger partial charge in [0.2, 0.25) is 0 Å². The lowest BCUT2D eigenvalue weighted by molar-refractivity contribution is 0.0946. The van der Waals surface area contributed by atoms with E-state index in [0.717, 1.165) is 0 Å². The van der Waals surface area contributed by atoms with E-state index < -0.39 is 5.91 Å². The molecule has 0 atom stereocenters. The van der Waals surface area contributed by atoms with E-state index in [4.69, 9.17) is 23.2 Å². The number of rotatable bonds is 6. The number of benzene rings is 1. The lowest BCUT2D eigenvalue weighted by atomic mass is 10.2. The highest BCUT2D eigenvalue weighted by molar-refractivity contribution is 6.35. The van der Waals surface area contributed by atoms with Crippen LogP contribution in [0.1, 0.15) is 20.8 Å². The van der Waals surface area contributed by atoms with Gasteiger partial charge in [-0.15, -0.1) is 0 Å². The average Bonchev–Trinajstić information content (AvgIpc) is 2.57. The second kappa shape index (κ2) is 8.80. The predicted octanol–water partition coefficient (Wildman–Crippen LogP) is 2.93. The van der Waals surface area contributed by atoms with Crippen molar-refractivity contribution in [2.75, 3.05) is 32.5 Å². The van der Waals surface area contributed by atoms with Crippen molar-refractivity contribution in [2.24, 2.45) is 0 Å². The Morgan fingerprint density at radius 2 is 1.88 bits per heavy atom. The number of aromatic nitrogens is 1. The Morgan fingerprint density at radius 1 is 1.12 bits per heavy atom. The quantitative estimate of drug-likeness (QED) is 0.807. The third-order valence-electron chi connectivity index (χ3n) is 3.28. The molecule has 132 valence electrons. The molecule has 0 spiro atoms. The molecule has 1 aromatic carbocycles. The average molecular weight is 381 g/mol. The van der Waals surface area contributed by atoms with Crippen LogP contribution in [0.2, 0.25) is 10.0 Å². The van der Waals surface area contributed by atoms with Gasteiger partial charge in [0, 0.05) is 29.9 Å². The summed E-state index contributed by atoms with van der Waals surface area (Å²) in [4.78, 5) is 30.4. The van der Waals surface area contributed by atoms with Gasteiger partial charge in [0.05, 0.1) is 10.7 Å². The number of carbonyl (C=O) groups excluding carboxylic acids is 2. The molecule has 0 aliphatic heterocycles. The van der Waals surface area contributed by atoms with Gasteiger partial charge >= 0.3 is 0 Å². The van der Waals surface area contributed by atoms with Crippen molar-refractivity contribution >= 4 is 40.7 Å². The zero-order valence-corrected chi connectivity index (χ0v) is 15.4. The fourth-order valence-electron chi connectivity index (χ4n) is 1.97. The van der Waals surface area contributed by atoms with Crippen LogP contribution in [0.5, 0.6) is 0 Å². The Morgan fingerprint density at radius 3 is 2.60 bits per heavy atom. The van der Waals surface area contributed by atoms with Crippen LogP contribution in [-0.4, -0.2) is 48.9 Å². The maximum atomic E-state index is 12.4. The van der Waals surface area contributed by atoms with E-state index in [9.17, 15) is 9.59 Å². The number of nitrogens with one attached hydrogen (secondary N) is 2. The van der Waals surface area contributed by atoms with Gasteiger partial charge in [-0.2, -0.15) is 0 Å². The van der Waals surface area contributed by atoms with Gasteiger partial charge < -0.3 is 15.5 Å². The molecule has 0 saturated heterocycles. The van der Waals surface area contributed by atoms with Crippen molar-refractivity contribution in [3.05, 3.63) is 57.8 Å². The van der Waals surface area contributed by atoms with E-state index in [1.165, 1.54) is 18.3 Å². The van der Waals surface area contributed by atoms with Gasteiger partial charge in [0.15, 0.2) is 0 Å². The molecular formula is C17H18Cl2N4O2. The first-order chi connectivity index (χ1) is 11.9. The van der Waals surface area contributed by atoms with Crippen molar-refractivity contribution in [3.63, 3.8) is 0 Å². The molecule has 2 aromatic rings. The van der Waals surface area contributed by atoms with E-state index in [0.29, 0.717) is 34.4 Å². The second-order valence-electron chi connectivity index (χ2n) is 5.57. The lowest BCUT2D eigenvalue weighted by Crippen LogP contribution is -2.32. The zero-order chi connectivity index (χ0) is 18.4. The van der Waals surface area contributed by atoms with E-state index in [1.54, 1.807) is 18.2 Å². The summed E-state index contributed by atoms with van der Waals surface area (Å²) in [5.74, 6) is -0.744. The summed E-state index contributed by atoms with van der Waals surface area (Å²) < 4.78 is 0. The largest absolute Gasteiger partial charge is 0.349 e. The van der Waals surface area contributed by atoms with Gasteiger partial charge in [-0.25, -0.2) is 0 Å². The maximum absolute atomic E-state index is 12.4. The summed E-state index contributed by atoms with van der Waals surface area (Å²) in [6.07, 6.45) is 1.41. The summed E-state index contributed by atoms with van der Waals surface area (Å²) in [7, 11) is 3.83. The highest BCUT2D eigenvalue weighted by atomic mass is 35.5. The zero-order valence-electron chi connectivity index (χ0n) is 13.8. The van der Waals surface area contributed by atoms with E-state index in [1.807, 2.05) is 19.0 Å². The van der Waals surface area contributed by atoms with Gasteiger partial charge in [-0.05, 0) is 44.4 Å². The maximum Gasteiger partial charge on any atom is 0.269 e. The minimum Gasteiger partial charge on any atom is -0.349 e. The Hall–Kier alpha value is -2.15. The second-order valence-corrected chi connectivity index (χ2v) is 6.41. The van der Waals surface area contributed by atoms with Crippen LogP contribution >= 0.6 is 23.2 Å². The van der Waals surface area contributed by atoms with Crippen molar-refractivity contribution < 1.29 is 9.59 Å². The van der Waals surface area contributed by atoms with Gasteiger partial charge in [-0.1, -0.05) is 23.2 Å². The van der Waals surface area contributed by atoms with Crippen molar-refractivity contribution in [1.29, 1.82) is 0 Å². The van der Waals surface area contributed by atoms with Gasteiger partial charge in [-0.3, -0.25) is 14.6 Å². The van der Waals surface area contributed by atoms with Crippen LogP contribution in [-0.2, 0) is 0 Å². The summed E-state index contributed by atoms with van der Waals surface area (Å²) in [6, 6.07) is 7.72. The molecule has 2 N–H and O–H groups in total. The van der Waals surface area contributed by atoms with Crippen molar-refractivity contribution in [2.45, 2.75) is 0 Å². The summed E-state index contributed by atoms with van der Waals surface area (Å²) in [5, 5.41) is 6.24. The minimum absolute atomic E-state index is 0.170. The van der Waals surface area contributed by atoms with E-state index >= 15 is 0 Å². The predicted molar refractivity (Wildman–Crippen MR) is 99.5 cm³/mol. The van der Waals surface area contributed by atoms with Crippen LogP contribution < -0.4 is 10.6 Å². The number of carbonyl (C=O) groups is 2. The molecular weight excluding hydrogens is 363 g/mol. The number of hydrogen-bond acceptors (Lipinski definition) is 4. The first kappa shape index (κ1) is 19.2. The van der Waals surface area contributed by atoms with Gasteiger partial charge in [0.1, 0.15) is 5.69 Å². The molecule has 0 bridgehead atoms. The number of amides is 2. The standard InChI is InChI=1S/C17H18Cl2N4O2/c1-23(2)8-7-21-17(25)15-9-11(5-6-20-15)16(24)22-14-10-12(18)3-4-13(14)19/h3-6,9-10H,7-8H2,1-2H3,(H,21,25)(H,22,24). The fourth-order valence-corrected chi connectivity index (χ4v) is 2.30. The number of anilines is 1. The first-order valence-electron chi connectivity index (χ1n) is 7.52. The van der Waals surface area contributed by atoms with Crippen LogP contribution in [0.3, 0.4) is 0 Å². The number of halogens is 2. The molecule has 2 amide bonds. The topological polar surface area (TPSA) is 74.3 Å². The molecule has 0 aliphatic rings. The van der Waals surface area contributed by atoms with Crippen LogP contribution in [0.25, 0.3) is 0 Å². The molecule has 6 nitrogen and oxygen atoms in total. The normalized spacial score (nSPS) is 10.6. The molecule has 0 fully saturated rings. The Kier molecular flexibility index (Phi) is 6.75. The number of likely N-dealkylation sites (N-methyl/N-ethyl adjacent to an activating group) is 1. The summed E-state index contributed by atoms with van der Waals surface area (Å²) >= 11 is 11.9. The fraction of sp³-hybridized carbons (Fsp3) is 0.235. The highest BCUT2D eigenvalue weighted by Crippen LogP contribution is 2.25.